The molecule has 4 heterocycles. The first kappa shape index (κ1) is 26.6. The van der Waals surface area contributed by atoms with Crippen LogP contribution in [-0.2, 0) is 21.3 Å². The molecule has 1 unspecified atom stereocenters. The number of thiazole rings is 1. The molecule has 12 heteroatoms. The van der Waals surface area contributed by atoms with Crippen LogP contribution in [0.3, 0.4) is 0 Å². The van der Waals surface area contributed by atoms with E-state index in [1.165, 1.54) is 27.8 Å². The second-order valence-corrected chi connectivity index (χ2v) is 12.7. The van der Waals surface area contributed by atoms with Gasteiger partial charge in [-0.25, -0.2) is 13.4 Å². The Morgan fingerprint density at radius 3 is 2.55 bits per heavy atom. The van der Waals surface area contributed by atoms with Gasteiger partial charge in [0.15, 0.2) is 16.6 Å². The summed E-state index contributed by atoms with van der Waals surface area (Å²) >= 11 is 1.37. The molecule has 40 heavy (non-hydrogen) atoms. The molecule has 1 atom stereocenters. The van der Waals surface area contributed by atoms with Gasteiger partial charge >= 0.3 is 0 Å². The van der Waals surface area contributed by atoms with Crippen molar-refractivity contribution in [1.82, 2.24) is 14.3 Å². The van der Waals surface area contributed by atoms with Crippen LogP contribution in [0.25, 0.3) is 10.2 Å². The molecule has 10 nitrogen and oxygen atoms in total. The first-order valence-corrected chi connectivity index (χ1v) is 15.2. The number of amides is 1. The van der Waals surface area contributed by atoms with Gasteiger partial charge in [0.25, 0.3) is 5.91 Å². The van der Waals surface area contributed by atoms with E-state index in [-0.39, 0.29) is 23.5 Å². The van der Waals surface area contributed by atoms with Gasteiger partial charge in [0.1, 0.15) is 13.2 Å². The van der Waals surface area contributed by atoms with Crippen LogP contribution in [0.4, 0.5) is 5.13 Å². The van der Waals surface area contributed by atoms with E-state index in [0.717, 1.165) is 23.1 Å². The molecular weight excluding hydrogens is 552 g/mol. The highest BCUT2D eigenvalue weighted by molar-refractivity contribution is 7.89. The lowest BCUT2D eigenvalue weighted by Gasteiger charge is -2.21. The van der Waals surface area contributed by atoms with Crippen LogP contribution in [0.1, 0.15) is 28.8 Å². The third kappa shape index (κ3) is 5.39. The number of aromatic nitrogens is 2. The third-order valence-corrected chi connectivity index (χ3v) is 9.75. The van der Waals surface area contributed by atoms with Gasteiger partial charge in [-0.3, -0.25) is 14.7 Å². The summed E-state index contributed by atoms with van der Waals surface area (Å²) in [4.78, 5) is 24.5. The van der Waals surface area contributed by atoms with E-state index in [0.29, 0.717) is 54.1 Å². The van der Waals surface area contributed by atoms with Crippen molar-refractivity contribution in [2.45, 2.75) is 30.4 Å². The smallest absolute Gasteiger partial charge is 0.260 e. The molecule has 1 amide bonds. The summed E-state index contributed by atoms with van der Waals surface area (Å²) in [5, 5.41) is 0.499. The molecular formula is C28H28N4O6S2. The lowest BCUT2D eigenvalue weighted by atomic mass is 10.2. The van der Waals surface area contributed by atoms with Crippen LogP contribution in [-0.4, -0.2) is 68.1 Å². The second kappa shape index (κ2) is 11.1. The van der Waals surface area contributed by atoms with Crippen LogP contribution in [0.2, 0.25) is 0 Å². The molecule has 0 spiro atoms. The van der Waals surface area contributed by atoms with Crippen molar-refractivity contribution in [2.75, 3.05) is 38.3 Å². The van der Waals surface area contributed by atoms with Crippen molar-refractivity contribution in [1.29, 1.82) is 0 Å². The summed E-state index contributed by atoms with van der Waals surface area (Å²) in [6.45, 7) is 2.13. The van der Waals surface area contributed by atoms with Crippen molar-refractivity contribution in [2.24, 2.45) is 0 Å². The SMILES string of the molecule is CN(CC1CCCO1)S(=O)(=O)c1ccc(C(=O)N(Cc2cccnc2)c2nc3cc4c(cc3s2)OCCO4)cc1. The maximum atomic E-state index is 13.9. The van der Waals surface area contributed by atoms with Gasteiger partial charge in [-0.2, -0.15) is 4.31 Å². The summed E-state index contributed by atoms with van der Waals surface area (Å²) in [5.74, 6) is 0.971. The van der Waals surface area contributed by atoms with Crippen molar-refractivity contribution in [3.63, 3.8) is 0 Å². The molecule has 2 aromatic heterocycles. The van der Waals surface area contributed by atoms with E-state index < -0.39 is 10.0 Å². The Kier molecular flexibility index (Phi) is 7.41. The molecule has 2 aliphatic rings. The Morgan fingerprint density at radius 2 is 1.85 bits per heavy atom. The highest BCUT2D eigenvalue weighted by Gasteiger charge is 2.28. The maximum absolute atomic E-state index is 13.9. The van der Waals surface area contributed by atoms with Gasteiger partial charge in [0, 0.05) is 50.3 Å². The van der Waals surface area contributed by atoms with Crippen LogP contribution >= 0.6 is 11.3 Å². The number of pyridine rings is 1. The monoisotopic (exact) mass is 580 g/mol. The number of anilines is 1. The zero-order valence-corrected chi connectivity index (χ0v) is 23.5. The predicted octanol–water partition coefficient (Wildman–Crippen LogP) is 4.11. The standard InChI is InChI=1S/C28H28N4O6S2/c1-31(18-21-5-3-11-36-21)40(34,35)22-8-6-20(7-9-22)27(33)32(17-19-4-2-10-29-16-19)28-30-23-14-24-25(15-26(23)39-28)38-13-12-37-24/h2,4,6-10,14-16,21H,3,5,11-13,17-18H2,1H3. The van der Waals surface area contributed by atoms with E-state index in [4.69, 9.17) is 19.2 Å². The molecule has 0 N–H and O–H groups in total. The fraction of sp³-hybridized carbons (Fsp3) is 0.321. The number of rotatable bonds is 8. The van der Waals surface area contributed by atoms with E-state index in [9.17, 15) is 13.2 Å². The molecule has 2 aliphatic heterocycles. The lowest BCUT2D eigenvalue weighted by molar-refractivity contribution is 0.0978. The summed E-state index contributed by atoms with van der Waals surface area (Å²) in [5.41, 5.74) is 1.87. The summed E-state index contributed by atoms with van der Waals surface area (Å²) in [7, 11) is -2.18. The number of fused-ring (bicyclic) bond motifs is 2. The fourth-order valence-electron chi connectivity index (χ4n) is 4.75. The summed E-state index contributed by atoms with van der Waals surface area (Å²) in [6, 6.07) is 13.4. The van der Waals surface area contributed by atoms with Crippen LogP contribution in [0.15, 0.2) is 65.8 Å². The van der Waals surface area contributed by atoms with Gasteiger partial charge in [0.2, 0.25) is 10.0 Å². The van der Waals surface area contributed by atoms with Crippen LogP contribution < -0.4 is 14.4 Å². The van der Waals surface area contributed by atoms with E-state index in [1.54, 1.807) is 36.5 Å². The Labute approximate surface area is 236 Å². The minimum atomic E-state index is -3.73. The number of carbonyl (C=O) groups is 1. The largest absolute Gasteiger partial charge is 0.486 e. The highest BCUT2D eigenvalue weighted by Crippen LogP contribution is 2.39. The van der Waals surface area contributed by atoms with Crippen molar-refractivity contribution in [3.05, 3.63) is 72.1 Å². The number of hydrogen-bond acceptors (Lipinski definition) is 9. The second-order valence-electron chi connectivity index (χ2n) is 9.66. The topological polar surface area (TPSA) is 111 Å². The summed E-state index contributed by atoms with van der Waals surface area (Å²) in [6.07, 6.45) is 5.05. The minimum Gasteiger partial charge on any atom is -0.486 e. The first-order valence-electron chi connectivity index (χ1n) is 13.0. The quantitative estimate of drug-likeness (QED) is 0.306. The Hall–Kier alpha value is -3.58. The molecule has 4 aromatic rings. The number of likely N-dealkylation sites (N-methyl/N-ethyl adjacent to an activating group) is 1. The highest BCUT2D eigenvalue weighted by atomic mass is 32.2. The van der Waals surface area contributed by atoms with Gasteiger partial charge in [-0.15, -0.1) is 0 Å². The molecule has 6 rings (SSSR count). The van der Waals surface area contributed by atoms with E-state index in [2.05, 4.69) is 4.98 Å². The number of ether oxygens (including phenoxy) is 3. The number of sulfonamides is 1. The average molecular weight is 581 g/mol. The van der Waals surface area contributed by atoms with Crippen molar-refractivity contribution >= 4 is 42.6 Å². The number of nitrogens with zero attached hydrogens (tertiary/aromatic N) is 4. The Bertz CT molecular complexity index is 1580. The summed E-state index contributed by atoms with van der Waals surface area (Å²) < 4.78 is 45.5. The first-order chi connectivity index (χ1) is 19.4. The van der Waals surface area contributed by atoms with E-state index >= 15 is 0 Å². The third-order valence-electron chi connectivity index (χ3n) is 6.87. The van der Waals surface area contributed by atoms with Crippen molar-refractivity contribution in [3.8, 4) is 11.5 Å². The zero-order chi connectivity index (χ0) is 27.7. The molecule has 0 aliphatic carbocycles. The number of benzene rings is 2. The van der Waals surface area contributed by atoms with Crippen molar-refractivity contribution < 1.29 is 27.4 Å². The van der Waals surface area contributed by atoms with Gasteiger partial charge in [-0.1, -0.05) is 17.4 Å². The predicted molar refractivity (Wildman–Crippen MR) is 151 cm³/mol. The van der Waals surface area contributed by atoms with E-state index in [1.807, 2.05) is 24.3 Å². The minimum absolute atomic E-state index is 0.0980. The molecule has 0 saturated carbocycles. The molecule has 1 saturated heterocycles. The normalized spacial score (nSPS) is 16.9. The van der Waals surface area contributed by atoms with Gasteiger partial charge in [-0.05, 0) is 48.7 Å². The molecule has 1 fully saturated rings. The molecule has 0 bridgehead atoms. The number of hydrogen-bond donors (Lipinski definition) is 0. The maximum Gasteiger partial charge on any atom is 0.260 e. The molecule has 0 radical (unpaired) electrons. The Balaban J connectivity index is 1.29. The van der Waals surface area contributed by atoms with Crippen LogP contribution in [0.5, 0.6) is 11.5 Å². The zero-order valence-electron chi connectivity index (χ0n) is 21.9. The Morgan fingerprint density at radius 1 is 1.07 bits per heavy atom. The number of carbonyl (C=O) groups excluding carboxylic acids is 1. The molecule has 2 aromatic carbocycles. The lowest BCUT2D eigenvalue weighted by Crippen LogP contribution is -2.34. The van der Waals surface area contributed by atoms with Gasteiger partial charge < -0.3 is 14.2 Å². The van der Waals surface area contributed by atoms with Crippen LogP contribution in [0, 0.1) is 0 Å². The fourth-order valence-corrected chi connectivity index (χ4v) is 6.92. The van der Waals surface area contributed by atoms with Gasteiger partial charge in [0.05, 0.1) is 27.8 Å². The molecule has 208 valence electrons. The average Bonchev–Trinajstić information content (AvgIpc) is 3.64.